The summed E-state index contributed by atoms with van der Waals surface area (Å²) in [4.78, 5) is 0. The summed E-state index contributed by atoms with van der Waals surface area (Å²) in [6.07, 6.45) is 1.38. The van der Waals surface area contributed by atoms with Crippen LogP contribution in [0.5, 0.6) is 0 Å². The van der Waals surface area contributed by atoms with Gasteiger partial charge in [0.25, 0.3) is 0 Å². The maximum Gasteiger partial charge on any atom is 0.146 e. The van der Waals surface area contributed by atoms with Crippen molar-refractivity contribution < 1.29 is 13.9 Å². The average molecular weight is 306 g/mol. The Morgan fingerprint density at radius 3 is 2.76 bits per heavy atom. The lowest BCUT2D eigenvalue weighted by Gasteiger charge is -2.28. The number of rotatable bonds is 1. The van der Waals surface area contributed by atoms with Gasteiger partial charge in [-0.3, -0.25) is 0 Å². The highest BCUT2D eigenvalue weighted by Crippen LogP contribution is 2.36. The summed E-state index contributed by atoms with van der Waals surface area (Å²) >= 11 is 3.02. The van der Waals surface area contributed by atoms with E-state index in [9.17, 15) is 13.9 Å². The molecule has 1 fully saturated rings. The fraction of sp³-hybridized carbons (Fsp3) is 0.500. The van der Waals surface area contributed by atoms with Crippen molar-refractivity contribution in [2.45, 2.75) is 24.9 Å². The van der Waals surface area contributed by atoms with E-state index in [2.05, 4.69) is 21.2 Å². The largest absolute Gasteiger partial charge is 0.385 e. The molecule has 2 nitrogen and oxygen atoms in total. The highest BCUT2D eigenvalue weighted by atomic mass is 79.9. The SMILES string of the molecule is OC1(c2c(F)ccc(Br)c2F)CCCNCC1. The van der Waals surface area contributed by atoms with Crippen LogP contribution in [0.4, 0.5) is 8.78 Å². The molecule has 0 saturated carbocycles. The van der Waals surface area contributed by atoms with Gasteiger partial charge in [-0.25, -0.2) is 8.78 Å². The zero-order chi connectivity index (χ0) is 12.5. The van der Waals surface area contributed by atoms with Crippen molar-refractivity contribution in [3.05, 3.63) is 33.8 Å². The van der Waals surface area contributed by atoms with Gasteiger partial charge in [-0.1, -0.05) is 0 Å². The zero-order valence-electron chi connectivity index (χ0n) is 9.27. The van der Waals surface area contributed by atoms with E-state index in [-0.39, 0.29) is 10.0 Å². The van der Waals surface area contributed by atoms with Crippen LogP contribution in [0, 0.1) is 11.6 Å². The minimum atomic E-state index is -1.42. The maximum absolute atomic E-state index is 14.0. The van der Waals surface area contributed by atoms with E-state index < -0.39 is 17.2 Å². The van der Waals surface area contributed by atoms with E-state index in [1.54, 1.807) is 0 Å². The summed E-state index contributed by atoms with van der Waals surface area (Å²) in [6.45, 7) is 1.32. The Bertz CT molecular complexity index is 417. The molecule has 2 N–H and O–H groups in total. The van der Waals surface area contributed by atoms with Crippen molar-refractivity contribution in [1.29, 1.82) is 0 Å². The Morgan fingerprint density at radius 1 is 1.24 bits per heavy atom. The molecule has 94 valence electrons. The molecule has 1 aromatic carbocycles. The van der Waals surface area contributed by atoms with Crippen LogP contribution in [0.1, 0.15) is 24.8 Å². The molecule has 0 amide bonds. The zero-order valence-corrected chi connectivity index (χ0v) is 10.9. The van der Waals surface area contributed by atoms with Gasteiger partial charge in [0.05, 0.1) is 15.6 Å². The van der Waals surface area contributed by atoms with E-state index >= 15 is 0 Å². The van der Waals surface area contributed by atoms with Crippen LogP contribution in [-0.2, 0) is 5.60 Å². The predicted octanol–water partition coefficient (Wildman–Crippen LogP) is 2.69. The molecule has 0 spiro atoms. The molecular formula is C12H14BrF2NO. The van der Waals surface area contributed by atoms with Crippen molar-refractivity contribution in [1.82, 2.24) is 5.32 Å². The van der Waals surface area contributed by atoms with Crippen molar-refractivity contribution in [2.24, 2.45) is 0 Å². The second kappa shape index (κ2) is 5.00. The monoisotopic (exact) mass is 305 g/mol. The summed E-state index contributed by atoms with van der Waals surface area (Å²) in [5.41, 5.74) is -1.63. The molecule has 0 aliphatic carbocycles. The van der Waals surface area contributed by atoms with Crippen LogP contribution in [0.25, 0.3) is 0 Å². The summed E-state index contributed by atoms with van der Waals surface area (Å²) in [6, 6.07) is 2.49. The lowest BCUT2D eigenvalue weighted by atomic mass is 9.86. The standard InChI is InChI=1S/C12H14BrF2NO/c13-8-2-3-9(14)10(11(8)15)12(17)4-1-6-16-7-5-12/h2-3,16-17H,1,4-7H2. The Morgan fingerprint density at radius 2 is 2.00 bits per heavy atom. The summed E-state index contributed by atoms with van der Waals surface area (Å²) in [5.74, 6) is -1.38. The van der Waals surface area contributed by atoms with Crippen molar-refractivity contribution >= 4 is 15.9 Å². The lowest BCUT2D eigenvalue weighted by molar-refractivity contribution is 0.0168. The topological polar surface area (TPSA) is 32.3 Å². The third-order valence-electron chi connectivity index (χ3n) is 3.17. The Kier molecular flexibility index (Phi) is 3.80. The van der Waals surface area contributed by atoms with Crippen LogP contribution >= 0.6 is 15.9 Å². The molecule has 1 aliphatic heterocycles. The molecular weight excluding hydrogens is 292 g/mol. The van der Waals surface area contributed by atoms with Crippen molar-refractivity contribution in [3.63, 3.8) is 0 Å². The number of nitrogens with one attached hydrogen (secondary N) is 1. The molecule has 0 aromatic heterocycles. The molecule has 1 heterocycles. The molecule has 1 aliphatic rings. The first-order chi connectivity index (χ1) is 8.04. The molecule has 1 aromatic rings. The second-order valence-corrected chi connectivity index (χ2v) is 5.21. The molecule has 17 heavy (non-hydrogen) atoms. The summed E-state index contributed by atoms with van der Waals surface area (Å²) < 4.78 is 27.9. The van der Waals surface area contributed by atoms with Gasteiger partial charge in [0.15, 0.2) is 0 Å². The number of benzene rings is 1. The molecule has 1 atom stereocenters. The quantitative estimate of drug-likeness (QED) is 0.782. The Balaban J connectivity index is 2.47. The first kappa shape index (κ1) is 12.9. The van der Waals surface area contributed by atoms with E-state index in [0.29, 0.717) is 25.8 Å². The molecule has 1 unspecified atom stereocenters. The normalized spacial score (nSPS) is 25.6. The third kappa shape index (κ3) is 2.51. The number of hydrogen-bond donors (Lipinski definition) is 2. The van der Waals surface area contributed by atoms with E-state index in [4.69, 9.17) is 0 Å². The molecule has 2 rings (SSSR count). The highest BCUT2D eigenvalue weighted by Gasteiger charge is 2.36. The van der Waals surface area contributed by atoms with Crippen LogP contribution in [0.3, 0.4) is 0 Å². The molecule has 0 bridgehead atoms. The average Bonchev–Trinajstić information content (AvgIpc) is 2.50. The number of hydrogen-bond acceptors (Lipinski definition) is 2. The van der Waals surface area contributed by atoms with Crippen LogP contribution in [-0.4, -0.2) is 18.2 Å². The van der Waals surface area contributed by atoms with Crippen LogP contribution in [0.2, 0.25) is 0 Å². The van der Waals surface area contributed by atoms with Crippen molar-refractivity contribution in [2.75, 3.05) is 13.1 Å². The minimum absolute atomic E-state index is 0.180. The first-order valence-electron chi connectivity index (χ1n) is 5.62. The minimum Gasteiger partial charge on any atom is -0.385 e. The van der Waals surface area contributed by atoms with Gasteiger partial charge in [0.1, 0.15) is 11.6 Å². The van der Waals surface area contributed by atoms with Gasteiger partial charge < -0.3 is 10.4 Å². The van der Waals surface area contributed by atoms with Gasteiger partial charge in [-0.15, -0.1) is 0 Å². The lowest BCUT2D eigenvalue weighted by Crippen LogP contribution is -2.29. The van der Waals surface area contributed by atoms with E-state index in [0.717, 1.165) is 6.54 Å². The number of halogens is 3. The van der Waals surface area contributed by atoms with Gasteiger partial charge >= 0.3 is 0 Å². The Labute approximate surface area is 107 Å². The summed E-state index contributed by atoms with van der Waals surface area (Å²) in [7, 11) is 0. The Hall–Kier alpha value is -0.520. The van der Waals surface area contributed by atoms with E-state index in [1.165, 1.54) is 12.1 Å². The molecule has 0 radical (unpaired) electrons. The smallest absolute Gasteiger partial charge is 0.146 e. The fourth-order valence-corrected chi connectivity index (χ4v) is 2.59. The van der Waals surface area contributed by atoms with Crippen LogP contribution < -0.4 is 5.32 Å². The fourth-order valence-electron chi connectivity index (χ4n) is 2.25. The van der Waals surface area contributed by atoms with Gasteiger partial charge in [-0.05, 0) is 60.4 Å². The van der Waals surface area contributed by atoms with Crippen LogP contribution in [0.15, 0.2) is 16.6 Å². The maximum atomic E-state index is 14.0. The molecule has 5 heteroatoms. The summed E-state index contributed by atoms with van der Waals surface area (Å²) in [5, 5.41) is 13.6. The van der Waals surface area contributed by atoms with E-state index in [1.807, 2.05) is 0 Å². The third-order valence-corrected chi connectivity index (χ3v) is 3.78. The molecule has 1 saturated heterocycles. The second-order valence-electron chi connectivity index (χ2n) is 4.35. The predicted molar refractivity (Wildman–Crippen MR) is 64.7 cm³/mol. The first-order valence-corrected chi connectivity index (χ1v) is 6.41. The number of aliphatic hydroxyl groups is 1. The van der Waals surface area contributed by atoms with Gasteiger partial charge in [0.2, 0.25) is 0 Å². The van der Waals surface area contributed by atoms with Crippen molar-refractivity contribution in [3.8, 4) is 0 Å². The highest BCUT2D eigenvalue weighted by molar-refractivity contribution is 9.10. The van der Waals surface area contributed by atoms with Gasteiger partial charge in [-0.2, -0.15) is 0 Å². The van der Waals surface area contributed by atoms with Gasteiger partial charge in [0, 0.05) is 0 Å².